The summed E-state index contributed by atoms with van der Waals surface area (Å²) >= 11 is 0. The minimum absolute atomic E-state index is 0.115. The molecule has 0 amide bonds. The van der Waals surface area contributed by atoms with E-state index in [4.69, 9.17) is 10.5 Å². The maximum Gasteiger partial charge on any atom is 0.130 e. The number of allylic oxidation sites excluding steroid dienone is 1. The molecule has 0 unspecified atom stereocenters. The molecule has 0 aliphatic heterocycles. The number of hydrogen-bond acceptors (Lipinski definition) is 2. The fourth-order valence-electron chi connectivity index (χ4n) is 4.04. The lowest BCUT2D eigenvalue weighted by molar-refractivity contribution is 1.47. The monoisotopic (exact) mass is 328 g/mol. The molecule has 0 atom stereocenters. The van der Waals surface area contributed by atoms with E-state index >= 15 is 0 Å². The minimum Gasteiger partial charge on any atom is -0.192 e. The normalized spacial score (nSPS) is 11.0. The van der Waals surface area contributed by atoms with Gasteiger partial charge in [0.15, 0.2) is 0 Å². The van der Waals surface area contributed by atoms with E-state index in [1.165, 1.54) is 37.7 Å². The van der Waals surface area contributed by atoms with Gasteiger partial charge < -0.3 is 0 Å². The second kappa shape index (κ2) is 5.31. The summed E-state index contributed by atoms with van der Waals surface area (Å²) in [6, 6.07) is 27.1. The van der Waals surface area contributed by atoms with Gasteiger partial charge in [-0.05, 0) is 54.7 Å². The molecular weight excluding hydrogens is 316 g/mol. The van der Waals surface area contributed by atoms with Crippen molar-refractivity contribution in [1.82, 2.24) is 0 Å². The highest BCUT2D eigenvalue weighted by Gasteiger charge is 2.13. The highest BCUT2D eigenvalue weighted by Crippen LogP contribution is 2.41. The fraction of sp³-hybridized carbons (Fsp3) is 0. The van der Waals surface area contributed by atoms with E-state index in [0.29, 0.717) is 0 Å². The Morgan fingerprint density at radius 3 is 1.81 bits per heavy atom. The van der Waals surface area contributed by atoms with E-state index in [-0.39, 0.29) is 5.57 Å². The summed E-state index contributed by atoms with van der Waals surface area (Å²) in [6.07, 6.45) is 1.67. The van der Waals surface area contributed by atoms with Gasteiger partial charge in [0.05, 0.1) is 0 Å². The Kier molecular flexibility index (Phi) is 2.95. The van der Waals surface area contributed by atoms with Gasteiger partial charge in [0.1, 0.15) is 17.7 Å². The molecule has 118 valence electrons. The van der Waals surface area contributed by atoms with E-state index < -0.39 is 0 Å². The highest BCUT2D eigenvalue weighted by molar-refractivity contribution is 6.33. The average Bonchev–Trinajstić information content (AvgIpc) is 2.70. The van der Waals surface area contributed by atoms with Crippen LogP contribution in [-0.4, -0.2) is 0 Å². The van der Waals surface area contributed by atoms with E-state index in [2.05, 4.69) is 54.6 Å². The third-order valence-electron chi connectivity index (χ3n) is 5.10. The zero-order valence-corrected chi connectivity index (χ0v) is 13.8. The smallest absolute Gasteiger partial charge is 0.130 e. The van der Waals surface area contributed by atoms with Gasteiger partial charge in [-0.15, -0.1) is 0 Å². The molecule has 0 aromatic heterocycles. The van der Waals surface area contributed by atoms with Gasteiger partial charge in [-0.2, -0.15) is 10.5 Å². The summed E-state index contributed by atoms with van der Waals surface area (Å²) in [7, 11) is 0. The van der Waals surface area contributed by atoms with Crippen LogP contribution in [0.4, 0.5) is 0 Å². The van der Waals surface area contributed by atoms with Crippen LogP contribution in [0.5, 0.6) is 0 Å². The number of hydrogen-bond donors (Lipinski definition) is 0. The summed E-state index contributed by atoms with van der Waals surface area (Å²) in [5.41, 5.74) is 1.01. The molecule has 5 aromatic carbocycles. The fourth-order valence-corrected chi connectivity index (χ4v) is 4.04. The second-order valence-electron chi connectivity index (χ2n) is 6.42. The molecule has 0 saturated carbocycles. The first-order valence-corrected chi connectivity index (χ1v) is 8.42. The lowest BCUT2D eigenvalue weighted by atomic mass is 9.88. The van der Waals surface area contributed by atoms with Crippen LogP contribution in [0.15, 0.2) is 72.3 Å². The largest absolute Gasteiger partial charge is 0.192 e. The SMILES string of the molecule is N#CC(C#N)=Cc1ccc2c3cccc4cccc(c5cccc1c52)c43. The predicted molar refractivity (Wildman–Crippen MR) is 107 cm³/mol. The van der Waals surface area contributed by atoms with Gasteiger partial charge in [0.25, 0.3) is 0 Å². The Balaban J connectivity index is 2.06. The average molecular weight is 328 g/mol. The predicted octanol–water partition coefficient (Wildman–Crippen LogP) is 6.17. The van der Waals surface area contributed by atoms with Crippen molar-refractivity contribution in [2.75, 3.05) is 0 Å². The molecule has 0 radical (unpaired) electrons. The Morgan fingerprint density at radius 2 is 1.15 bits per heavy atom. The molecule has 26 heavy (non-hydrogen) atoms. The quantitative estimate of drug-likeness (QED) is 0.210. The molecule has 5 rings (SSSR count). The number of rotatable bonds is 1. The maximum atomic E-state index is 9.12. The van der Waals surface area contributed by atoms with Crippen LogP contribution in [0.25, 0.3) is 49.2 Å². The highest BCUT2D eigenvalue weighted by atomic mass is 14.3. The summed E-state index contributed by atoms with van der Waals surface area (Å²) in [6.45, 7) is 0. The standard InChI is InChI=1S/C24H12N2/c25-13-15(14-26)12-17-10-11-22-20-8-2-5-16-4-1-7-19(23(16)20)21-9-3-6-18(17)24(21)22/h1-12H. The van der Waals surface area contributed by atoms with Crippen molar-refractivity contribution in [1.29, 1.82) is 10.5 Å². The number of benzene rings is 5. The summed E-state index contributed by atoms with van der Waals surface area (Å²) in [4.78, 5) is 0. The minimum atomic E-state index is 0.115. The topological polar surface area (TPSA) is 47.6 Å². The van der Waals surface area contributed by atoms with Gasteiger partial charge in [-0.25, -0.2) is 0 Å². The zero-order chi connectivity index (χ0) is 17.7. The van der Waals surface area contributed by atoms with Crippen LogP contribution in [0.2, 0.25) is 0 Å². The molecule has 2 heteroatoms. The molecule has 0 aliphatic carbocycles. The third-order valence-corrected chi connectivity index (χ3v) is 5.10. The Morgan fingerprint density at radius 1 is 0.615 bits per heavy atom. The van der Waals surface area contributed by atoms with Gasteiger partial charge >= 0.3 is 0 Å². The molecule has 0 N–H and O–H groups in total. The van der Waals surface area contributed by atoms with Gasteiger partial charge in [-0.3, -0.25) is 0 Å². The van der Waals surface area contributed by atoms with Gasteiger partial charge in [0, 0.05) is 0 Å². The maximum absolute atomic E-state index is 9.12. The molecule has 0 aliphatic rings. The molecular formula is C24H12N2. The van der Waals surface area contributed by atoms with Crippen molar-refractivity contribution in [3.63, 3.8) is 0 Å². The van der Waals surface area contributed by atoms with Crippen molar-refractivity contribution in [2.45, 2.75) is 0 Å². The van der Waals surface area contributed by atoms with Crippen LogP contribution >= 0.6 is 0 Å². The van der Waals surface area contributed by atoms with Crippen molar-refractivity contribution in [2.24, 2.45) is 0 Å². The van der Waals surface area contributed by atoms with Crippen molar-refractivity contribution in [3.8, 4) is 12.1 Å². The molecule has 0 saturated heterocycles. The van der Waals surface area contributed by atoms with Crippen LogP contribution in [0, 0.1) is 22.7 Å². The van der Waals surface area contributed by atoms with E-state index in [9.17, 15) is 0 Å². The molecule has 0 spiro atoms. The number of fused-ring (bicyclic) bond motifs is 2. The third kappa shape index (κ3) is 1.85. The second-order valence-corrected chi connectivity index (χ2v) is 6.42. The van der Waals surface area contributed by atoms with Crippen LogP contribution in [0.3, 0.4) is 0 Å². The summed E-state index contributed by atoms with van der Waals surface area (Å²) < 4.78 is 0. The van der Waals surface area contributed by atoms with E-state index in [1.54, 1.807) is 6.08 Å². The Bertz CT molecular complexity index is 1380. The lowest BCUT2D eigenvalue weighted by Gasteiger charge is -2.15. The first-order valence-electron chi connectivity index (χ1n) is 8.42. The van der Waals surface area contributed by atoms with E-state index in [0.717, 1.165) is 10.9 Å². The zero-order valence-electron chi connectivity index (χ0n) is 13.8. The summed E-state index contributed by atoms with van der Waals surface area (Å²) in [5, 5.41) is 27.9. The number of nitrogens with zero attached hydrogens (tertiary/aromatic N) is 2. The van der Waals surface area contributed by atoms with Crippen molar-refractivity contribution >= 4 is 49.2 Å². The first kappa shape index (κ1) is 14.5. The van der Waals surface area contributed by atoms with Gasteiger partial charge in [-0.1, -0.05) is 66.7 Å². The first-order chi connectivity index (χ1) is 12.8. The molecule has 2 nitrogen and oxygen atoms in total. The Hall–Kier alpha value is -3.88. The summed E-state index contributed by atoms with van der Waals surface area (Å²) in [5.74, 6) is 0. The van der Waals surface area contributed by atoms with Gasteiger partial charge in [0.2, 0.25) is 0 Å². The molecule has 0 heterocycles. The molecule has 0 bridgehead atoms. The lowest BCUT2D eigenvalue weighted by Crippen LogP contribution is -1.88. The van der Waals surface area contributed by atoms with Crippen LogP contribution in [0.1, 0.15) is 5.56 Å². The van der Waals surface area contributed by atoms with Crippen LogP contribution in [-0.2, 0) is 0 Å². The van der Waals surface area contributed by atoms with Crippen molar-refractivity contribution < 1.29 is 0 Å². The molecule has 5 aromatic rings. The van der Waals surface area contributed by atoms with E-state index in [1.807, 2.05) is 24.3 Å². The van der Waals surface area contributed by atoms with Crippen molar-refractivity contribution in [3.05, 3.63) is 77.9 Å². The van der Waals surface area contributed by atoms with Crippen LogP contribution < -0.4 is 0 Å². The number of nitriles is 2. The molecule has 0 fully saturated rings. The Labute approximate surface area is 150 Å².